The van der Waals surface area contributed by atoms with Crippen LogP contribution in [0, 0.1) is 0 Å². The third kappa shape index (κ3) is 3.29. The number of carbonyl (C=O) groups is 2. The molecule has 1 heterocycles. The number of esters is 1. The molecule has 5 nitrogen and oxygen atoms in total. The molecule has 0 atom stereocenters. The van der Waals surface area contributed by atoms with Gasteiger partial charge in [-0.25, -0.2) is 4.79 Å². The highest BCUT2D eigenvalue weighted by atomic mass is 16.5. The first-order valence-electron chi connectivity index (χ1n) is 6.74. The van der Waals surface area contributed by atoms with Crippen molar-refractivity contribution in [1.82, 2.24) is 0 Å². The van der Waals surface area contributed by atoms with Crippen LogP contribution in [0.3, 0.4) is 0 Å². The highest BCUT2D eigenvalue weighted by molar-refractivity contribution is 5.98. The summed E-state index contributed by atoms with van der Waals surface area (Å²) in [5, 5.41) is 0. The highest BCUT2D eigenvalue weighted by Crippen LogP contribution is 2.32. The lowest BCUT2D eigenvalue weighted by molar-refractivity contribution is -0.117. The molecule has 1 aliphatic heterocycles. The second-order valence-corrected chi connectivity index (χ2v) is 4.03. The lowest BCUT2D eigenvalue weighted by Crippen LogP contribution is -2.24. The summed E-state index contributed by atoms with van der Waals surface area (Å²) in [4.78, 5) is 24.8. The molecule has 1 aliphatic rings. The van der Waals surface area contributed by atoms with E-state index in [1.165, 1.54) is 14.2 Å². The van der Waals surface area contributed by atoms with Crippen molar-refractivity contribution in [3.8, 4) is 5.75 Å². The van der Waals surface area contributed by atoms with Gasteiger partial charge in [-0.1, -0.05) is 13.8 Å². The Balaban J connectivity index is 0.000000956. The second kappa shape index (κ2) is 7.53. The average molecular weight is 279 g/mol. The van der Waals surface area contributed by atoms with E-state index in [2.05, 4.69) is 4.74 Å². The zero-order valence-corrected chi connectivity index (χ0v) is 12.4. The summed E-state index contributed by atoms with van der Waals surface area (Å²) in [5.41, 5.74) is 1.11. The zero-order valence-electron chi connectivity index (χ0n) is 12.4. The molecule has 1 amide bonds. The maximum absolute atomic E-state index is 11.7. The van der Waals surface area contributed by atoms with Crippen LogP contribution in [0.2, 0.25) is 0 Å². The molecule has 1 saturated heterocycles. The Labute approximate surface area is 119 Å². The maximum Gasteiger partial charge on any atom is 0.337 e. The summed E-state index contributed by atoms with van der Waals surface area (Å²) >= 11 is 0. The fraction of sp³-hybridized carbons (Fsp3) is 0.467. The van der Waals surface area contributed by atoms with Crippen molar-refractivity contribution in [1.29, 1.82) is 0 Å². The minimum atomic E-state index is -0.424. The van der Waals surface area contributed by atoms with Crippen molar-refractivity contribution in [2.75, 3.05) is 25.7 Å². The van der Waals surface area contributed by atoms with E-state index in [1.54, 1.807) is 23.1 Å². The molecule has 0 aliphatic carbocycles. The summed E-state index contributed by atoms with van der Waals surface area (Å²) in [7, 11) is 2.84. The van der Waals surface area contributed by atoms with Gasteiger partial charge in [-0.15, -0.1) is 0 Å². The molecule has 0 aromatic heterocycles. The number of benzene rings is 1. The molecule has 2 rings (SSSR count). The standard InChI is InChI=1S/C13H15NO4.C2H6/c1-17-11-8-9(13(16)18-2)5-6-10(11)14-7-3-4-12(14)15;1-2/h5-6,8H,3-4,7H2,1-2H3;1-2H3. The minimum absolute atomic E-state index is 0.0825. The molecule has 110 valence electrons. The quantitative estimate of drug-likeness (QED) is 0.798. The van der Waals surface area contributed by atoms with Gasteiger partial charge < -0.3 is 14.4 Å². The predicted octanol–water partition coefficient (Wildman–Crippen LogP) is 2.63. The fourth-order valence-corrected chi connectivity index (χ4v) is 2.05. The van der Waals surface area contributed by atoms with Gasteiger partial charge in [-0.2, -0.15) is 0 Å². The maximum atomic E-state index is 11.7. The molecule has 1 aromatic carbocycles. The normalized spacial score (nSPS) is 13.6. The van der Waals surface area contributed by atoms with E-state index in [9.17, 15) is 9.59 Å². The zero-order chi connectivity index (χ0) is 15.1. The average Bonchev–Trinajstić information content (AvgIpc) is 2.93. The Morgan fingerprint density at radius 3 is 2.45 bits per heavy atom. The predicted molar refractivity (Wildman–Crippen MR) is 77.3 cm³/mol. The summed E-state index contributed by atoms with van der Waals surface area (Å²) in [6.45, 7) is 4.69. The number of hydrogen-bond donors (Lipinski definition) is 0. The van der Waals surface area contributed by atoms with Gasteiger partial charge in [0.15, 0.2) is 0 Å². The molecule has 1 aromatic rings. The molecule has 0 bridgehead atoms. The third-order valence-corrected chi connectivity index (χ3v) is 2.97. The van der Waals surface area contributed by atoms with Gasteiger partial charge in [0.2, 0.25) is 5.91 Å². The summed E-state index contributed by atoms with van der Waals surface area (Å²) < 4.78 is 9.89. The van der Waals surface area contributed by atoms with Crippen LogP contribution in [0.1, 0.15) is 37.0 Å². The third-order valence-electron chi connectivity index (χ3n) is 2.97. The first kappa shape index (κ1) is 16.0. The van der Waals surface area contributed by atoms with Gasteiger partial charge in [0.05, 0.1) is 25.5 Å². The fourth-order valence-electron chi connectivity index (χ4n) is 2.05. The summed E-state index contributed by atoms with van der Waals surface area (Å²) in [6.07, 6.45) is 1.41. The lowest BCUT2D eigenvalue weighted by atomic mass is 10.1. The molecule has 0 radical (unpaired) electrons. The molecule has 0 saturated carbocycles. The number of anilines is 1. The van der Waals surface area contributed by atoms with E-state index in [0.717, 1.165) is 6.42 Å². The minimum Gasteiger partial charge on any atom is -0.495 e. The van der Waals surface area contributed by atoms with E-state index in [1.807, 2.05) is 13.8 Å². The Hall–Kier alpha value is -2.04. The van der Waals surface area contributed by atoms with Gasteiger partial charge in [0.1, 0.15) is 5.75 Å². The van der Waals surface area contributed by atoms with Crippen molar-refractivity contribution in [2.45, 2.75) is 26.7 Å². The smallest absolute Gasteiger partial charge is 0.337 e. The number of ether oxygens (including phenoxy) is 2. The van der Waals surface area contributed by atoms with Crippen molar-refractivity contribution in [3.05, 3.63) is 23.8 Å². The Morgan fingerprint density at radius 1 is 1.25 bits per heavy atom. The van der Waals surface area contributed by atoms with Gasteiger partial charge in [0, 0.05) is 13.0 Å². The number of methoxy groups -OCH3 is 2. The largest absolute Gasteiger partial charge is 0.495 e. The molecule has 20 heavy (non-hydrogen) atoms. The molecule has 5 heteroatoms. The van der Waals surface area contributed by atoms with Crippen LogP contribution in [-0.2, 0) is 9.53 Å². The summed E-state index contributed by atoms with van der Waals surface area (Å²) in [5.74, 6) is 0.167. The van der Waals surface area contributed by atoms with Gasteiger partial charge in [0.25, 0.3) is 0 Å². The number of rotatable bonds is 3. The Morgan fingerprint density at radius 2 is 1.95 bits per heavy atom. The SMILES string of the molecule is CC.COC(=O)c1ccc(N2CCCC2=O)c(OC)c1. The van der Waals surface area contributed by atoms with Crippen molar-refractivity contribution in [3.63, 3.8) is 0 Å². The first-order chi connectivity index (χ1) is 9.67. The molecule has 0 unspecified atom stereocenters. The Kier molecular flexibility index (Phi) is 6.03. The van der Waals surface area contributed by atoms with Crippen LogP contribution >= 0.6 is 0 Å². The van der Waals surface area contributed by atoms with Gasteiger partial charge in [-0.05, 0) is 24.6 Å². The highest BCUT2D eigenvalue weighted by Gasteiger charge is 2.25. The van der Waals surface area contributed by atoms with E-state index in [4.69, 9.17) is 4.74 Å². The molecule has 1 fully saturated rings. The topological polar surface area (TPSA) is 55.8 Å². The van der Waals surface area contributed by atoms with E-state index >= 15 is 0 Å². The van der Waals surface area contributed by atoms with Crippen LogP contribution in [0.15, 0.2) is 18.2 Å². The number of nitrogens with zero attached hydrogens (tertiary/aromatic N) is 1. The van der Waals surface area contributed by atoms with Crippen LogP contribution in [0.4, 0.5) is 5.69 Å². The molecular formula is C15H21NO4. The lowest BCUT2D eigenvalue weighted by Gasteiger charge is -2.19. The number of amides is 1. The Bertz CT molecular complexity index is 485. The van der Waals surface area contributed by atoms with Gasteiger partial charge in [-0.3, -0.25) is 4.79 Å². The molecule has 0 N–H and O–H groups in total. The molecular weight excluding hydrogens is 258 g/mol. The number of carbonyl (C=O) groups excluding carboxylic acids is 2. The second-order valence-electron chi connectivity index (χ2n) is 4.03. The van der Waals surface area contributed by atoms with Gasteiger partial charge >= 0.3 is 5.97 Å². The van der Waals surface area contributed by atoms with Crippen LogP contribution < -0.4 is 9.64 Å². The van der Waals surface area contributed by atoms with Crippen molar-refractivity contribution < 1.29 is 19.1 Å². The van der Waals surface area contributed by atoms with E-state index in [0.29, 0.717) is 30.0 Å². The molecule has 0 spiro atoms. The monoisotopic (exact) mass is 279 g/mol. The van der Waals surface area contributed by atoms with Crippen LogP contribution in [-0.4, -0.2) is 32.6 Å². The summed E-state index contributed by atoms with van der Waals surface area (Å²) in [6, 6.07) is 4.94. The van der Waals surface area contributed by atoms with Crippen molar-refractivity contribution >= 4 is 17.6 Å². The van der Waals surface area contributed by atoms with E-state index < -0.39 is 5.97 Å². The van der Waals surface area contributed by atoms with Crippen LogP contribution in [0.25, 0.3) is 0 Å². The van der Waals surface area contributed by atoms with Crippen molar-refractivity contribution in [2.24, 2.45) is 0 Å². The first-order valence-corrected chi connectivity index (χ1v) is 6.74. The van der Waals surface area contributed by atoms with E-state index in [-0.39, 0.29) is 5.91 Å². The number of hydrogen-bond acceptors (Lipinski definition) is 4. The van der Waals surface area contributed by atoms with Crippen LogP contribution in [0.5, 0.6) is 5.75 Å².